The first-order valence-electron chi connectivity index (χ1n) is 5.41. The molecule has 2 rings (SSSR count). The Kier molecular flexibility index (Phi) is 3.62. The summed E-state index contributed by atoms with van der Waals surface area (Å²) >= 11 is 5.41. The zero-order valence-electron chi connectivity index (χ0n) is 9.81. The molecule has 1 N–H and O–H groups in total. The van der Waals surface area contributed by atoms with Gasteiger partial charge in [-0.05, 0) is 6.07 Å². The first-order chi connectivity index (χ1) is 8.63. The summed E-state index contributed by atoms with van der Waals surface area (Å²) in [5, 5.41) is 8.13. The highest BCUT2D eigenvalue weighted by Crippen LogP contribution is 2.12. The quantitative estimate of drug-likeness (QED) is 0.835. The van der Waals surface area contributed by atoms with Gasteiger partial charge in [0.15, 0.2) is 0 Å². The van der Waals surface area contributed by atoms with Crippen LogP contribution >= 0.6 is 11.6 Å². The summed E-state index contributed by atoms with van der Waals surface area (Å²) in [5.74, 6) is -0.361. The second kappa shape index (κ2) is 5.18. The lowest BCUT2D eigenvalue weighted by Gasteiger charge is -2.08. The molecule has 0 aliphatic carbocycles. The van der Waals surface area contributed by atoms with Crippen LogP contribution in [0.4, 0.5) is 0 Å². The van der Waals surface area contributed by atoms with Crippen molar-refractivity contribution >= 4 is 28.3 Å². The van der Waals surface area contributed by atoms with Crippen molar-refractivity contribution in [3.63, 3.8) is 0 Å². The number of benzene rings is 1. The van der Waals surface area contributed by atoms with E-state index in [4.69, 9.17) is 11.6 Å². The minimum absolute atomic E-state index is 0.0936. The Morgan fingerprint density at radius 2 is 2.06 bits per heavy atom. The highest BCUT2D eigenvalue weighted by atomic mass is 35.5. The van der Waals surface area contributed by atoms with Crippen LogP contribution in [0.3, 0.4) is 0 Å². The Balaban J connectivity index is 2.47. The maximum atomic E-state index is 11.9. The first kappa shape index (κ1) is 12.6. The lowest BCUT2D eigenvalue weighted by atomic mass is 10.1. The smallest absolute Gasteiger partial charge is 0.274 e. The van der Waals surface area contributed by atoms with E-state index in [0.29, 0.717) is 11.1 Å². The average molecular weight is 266 g/mol. The van der Waals surface area contributed by atoms with Crippen LogP contribution in [0.5, 0.6) is 0 Å². The molecular weight excluding hydrogens is 254 g/mol. The molecule has 0 spiro atoms. The molecule has 1 aromatic heterocycles. The number of nitrogens with one attached hydrogen (secondary N) is 1. The van der Waals surface area contributed by atoms with Crippen molar-refractivity contribution in [2.75, 3.05) is 5.88 Å². The molecular formula is C12H12ClN3O2. The first-order valence-corrected chi connectivity index (χ1v) is 5.94. The summed E-state index contributed by atoms with van der Waals surface area (Å²) in [6.07, 6.45) is 0. The molecule has 6 heteroatoms. The predicted octanol–water partition coefficient (Wildman–Crippen LogP) is 0.788. The van der Waals surface area contributed by atoms with Crippen LogP contribution in [0.25, 0.3) is 10.8 Å². The molecule has 0 saturated carbocycles. The summed E-state index contributed by atoms with van der Waals surface area (Å²) in [7, 11) is 1.58. The van der Waals surface area contributed by atoms with Gasteiger partial charge in [0.05, 0.1) is 17.6 Å². The number of nitrogens with zero attached hydrogens (tertiary/aromatic N) is 2. The second-order valence-corrected chi connectivity index (χ2v) is 4.10. The zero-order valence-corrected chi connectivity index (χ0v) is 10.6. The van der Waals surface area contributed by atoms with Gasteiger partial charge in [0.1, 0.15) is 5.88 Å². The van der Waals surface area contributed by atoms with Gasteiger partial charge >= 0.3 is 0 Å². The number of hydrogen-bond donors (Lipinski definition) is 1. The van der Waals surface area contributed by atoms with Crippen molar-refractivity contribution in [3.8, 4) is 0 Å². The normalized spacial score (nSPS) is 10.6. The van der Waals surface area contributed by atoms with Gasteiger partial charge in [-0.15, -0.1) is 11.6 Å². The predicted molar refractivity (Wildman–Crippen MR) is 69.6 cm³/mol. The molecule has 0 aliphatic heterocycles. The van der Waals surface area contributed by atoms with E-state index < -0.39 is 0 Å². The van der Waals surface area contributed by atoms with Gasteiger partial charge < -0.3 is 5.32 Å². The van der Waals surface area contributed by atoms with E-state index in [1.165, 1.54) is 4.68 Å². The fourth-order valence-corrected chi connectivity index (χ4v) is 1.83. The van der Waals surface area contributed by atoms with Gasteiger partial charge in [-0.3, -0.25) is 9.59 Å². The fourth-order valence-electron chi connectivity index (χ4n) is 1.74. The zero-order chi connectivity index (χ0) is 13.1. The van der Waals surface area contributed by atoms with Crippen LogP contribution in [0.15, 0.2) is 29.1 Å². The third-order valence-electron chi connectivity index (χ3n) is 2.61. The fraction of sp³-hybridized carbons (Fsp3) is 0.250. The Labute approximate surface area is 108 Å². The molecule has 94 valence electrons. The number of carbonyl (C=O) groups is 1. The van der Waals surface area contributed by atoms with Crippen molar-refractivity contribution in [1.29, 1.82) is 0 Å². The molecule has 0 radical (unpaired) electrons. The van der Waals surface area contributed by atoms with E-state index in [2.05, 4.69) is 10.4 Å². The number of rotatable bonds is 3. The van der Waals surface area contributed by atoms with Crippen LogP contribution in [-0.2, 0) is 18.4 Å². The van der Waals surface area contributed by atoms with Crippen molar-refractivity contribution in [2.45, 2.75) is 6.54 Å². The monoisotopic (exact) mass is 265 g/mol. The lowest BCUT2D eigenvalue weighted by molar-refractivity contribution is -0.118. The van der Waals surface area contributed by atoms with E-state index in [1.807, 2.05) is 12.1 Å². The number of fused-ring (bicyclic) bond motifs is 1. The van der Waals surface area contributed by atoms with E-state index in [-0.39, 0.29) is 23.9 Å². The third kappa shape index (κ3) is 2.36. The summed E-state index contributed by atoms with van der Waals surface area (Å²) in [5.41, 5.74) is 0.490. The Bertz CT molecular complexity index is 651. The average Bonchev–Trinajstić information content (AvgIpc) is 2.41. The Hall–Kier alpha value is -1.88. The molecule has 0 bridgehead atoms. The van der Waals surface area contributed by atoms with E-state index in [9.17, 15) is 9.59 Å². The van der Waals surface area contributed by atoms with Gasteiger partial charge in [-0.25, -0.2) is 4.68 Å². The number of amides is 1. The third-order valence-corrected chi connectivity index (χ3v) is 2.85. The van der Waals surface area contributed by atoms with Gasteiger partial charge in [0.25, 0.3) is 5.56 Å². The maximum Gasteiger partial charge on any atom is 0.274 e. The minimum atomic E-state index is -0.267. The van der Waals surface area contributed by atoms with Crippen LogP contribution < -0.4 is 10.9 Å². The van der Waals surface area contributed by atoms with Gasteiger partial charge in [0, 0.05) is 12.4 Å². The minimum Gasteiger partial charge on any atom is -0.349 e. The highest BCUT2D eigenvalue weighted by Gasteiger charge is 2.08. The van der Waals surface area contributed by atoms with Crippen LogP contribution in [-0.4, -0.2) is 21.6 Å². The number of hydrogen-bond acceptors (Lipinski definition) is 3. The van der Waals surface area contributed by atoms with E-state index in [1.54, 1.807) is 19.2 Å². The highest BCUT2D eigenvalue weighted by molar-refractivity contribution is 6.27. The number of aromatic nitrogens is 2. The number of aryl methyl sites for hydroxylation is 1. The number of halogens is 1. The van der Waals surface area contributed by atoms with E-state index >= 15 is 0 Å². The molecule has 0 unspecified atom stereocenters. The SMILES string of the molecule is Cn1nc(CNC(=O)CCl)c2ccccc2c1=O. The number of alkyl halides is 1. The van der Waals surface area contributed by atoms with Crippen molar-refractivity contribution in [1.82, 2.24) is 15.1 Å². The molecule has 18 heavy (non-hydrogen) atoms. The summed E-state index contributed by atoms with van der Waals surface area (Å²) in [6, 6.07) is 7.18. The van der Waals surface area contributed by atoms with Gasteiger partial charge in [-0.1, -0.05) is 18.2 Å². The molecule has 0 fully saturated rings. The molecule has 1 amide bonds. The van der Waals surface area contributed by atoms with E-state index in [0.717, 1.165) is 5.39 Å². The maximum absolute atomic E-state index is 11.9. The lowest BCUT2D eigenvalue weighted by Crippen LogP contribution is -2.27. The standard InChI is InChI=1S/C12H12ClN3O2/c1-16-12(18)9-5-3-2-4-8(9)10(15-16)7-14-11(17)6-13/h2-5H,6-7H2,1H3,(H,14,17). The second-order valence-electron chi connectivity index (χ2n) is 3.83. The number of carbonyl (C=O) groups excluding carboxylic acids is 1. The van der Waals surface area contributed by atoms with Crippen LogP contribution in [0.2, 0.25) is 0 Å². The van der Waals surface area contributed by atoms with Gasteiger partial charge in [-0.2, -0.15) is 5.10 Å². The van der Waals surface area contributed by atoms with Crippen molar-refractivity contribution < 1.29 is 4.79 Å². The molecule has 1 heterocycles. The van der Waals surface area contributed by atoms with Gasteiger partial charge in [0.2, 0.25) is 5.91 Å². The largest absolute Gasteiger partial charge is 0.349 e. The van der Waals surface area contributed by atoms with Crippen LogP contribution in [0, 0.1) is 0 Å². The molecule has 1 aromatic carbocycles. The summed E-state index contributed by atoms with van der Waals surface area (Å²) < 4.78 is 1.27. The molecule has 5 nitrogen and oxygen atoms in total. The Morgan fingerprint density at radius 3 is 2.72 bits per heavy atom. The molecule has 0 saturated heterocycles. The summed E-state index contributed by atoms with van der Waals surface area (Å²) in [4.78, 5) is 23.0. The molecule has 2 aromatic rings. The Morgan fingerprint density at radius 1 is 1.39 bits per heavy atom. The topological polar surface area (TPSA) is 64.0 Å². The molecule has 0 aliphatic rings. The molecule has 0 atom stereocenters. The van der Waals surface area contributed by atoms with Crippen molar-refractivity contribution in [2.24, 2.45) is 7.05 Å². The van der Waals surface area contributed by atoms with Crippen molar-refractivity contribution in [3.05, 3.63) is 40.3 Å². The van der Waals surface area contributed by atoms with Crippen LogP contribution in [0.1, 0.15) is 5.69 Å². The summed E-state index contributed by atoms with van der Waals surface area (Å²) in [6.45, 7) is 0.250.